The van der Waals surface area contributed by atoms with E-state index < -0.39 is 29.9 Å². The summed E-state index contributed by atoms with van der Waals surface area (Å²) in [6.45, 7) is 4.94. The number of hydrogen-bond acceptors (Lipinski definition) is 7. The Bertz CT molecular complexity index is 1410. The van der Waals surface area contributed by atoms with Crippen molar-refractivity contribution in [1.29, 1.82) is 0 Å². The van der Waals surface area contributed by atoms with Crippen LogP contribution >= 0.6 is 0 Å². The summed E-state index contributed by atoms with van der Waals surface area (Å²) in [6.07, 6.45) is -0.857. The number of ether oxygens (including phenoxy) is 1. The minimum atomic E-state index is -1.09. The van der Waals surface area contributed by atoms with E-state index in [1.165, 1.54) is 9.80 Å². The predicted octanol–water partition coefficient (Wildman–Crippen LogP) is 3.38. The number of nitrogens with zero attached hydrogens (tertiary/aromatic N) is 4. The first-order valence-corrected chi connectivity index (χ1v) is 13.5. The number of aromatic nitrogens is 2. The standard InChI is InChI=1S/C30H33N5O6/c1-3-41-30(40)35-17-15-34(16-18-35)29(39)23(13-14-26(36)37)33-28(38)25-19-24(22-12-8-7-9-20(22)2)31-27(32-25)21-10-5-4-6-11-21/h4-12,19,23H,3,13-18H2,1-2H3,(H,33,38)(H,36,37)/t23-/m0/s1. The minimum absolute atomic E-state index is 0.0531. The van der Waals surface area contributed by atoms with Crippen LogP contribution in [-0.4, -0.2) is 87.6 Å². The van der Waals surface area contributed by atoms with Crippen molar-refractivity contribution >= 4 is 23.9 Å². The number of aryl methyl sites for hydroxylation is 1. The first-order valence-electron chi connectivity index (χ1n) is 13.5. The molecule has 11 nitrogen and oxygen atoms in total. The molecule has 3 aromatic rings. The number of amides is 3. The second-order valence-corrected chi connectivity index (χ2v) is 9.61. The third-order valence-corrected chi connectivity index (χ3v) is 6.78. The Balaban J connectivity index is 1.59. The zero-order valence-electron chi connectivity index (χ0n) is 23.1. The predicted molar refractivity (Wildman–Crippen MR) is 151 cm³/mol. The van der Waals surface area contributed by atoms with Gasteiger partial charge in [-0.15, -0.1) is 0 Å². The summed E-state index contributed by atoms with van der Waals surface area (Å²) in [6, 6.07) is 17.4. The van der Waals surface area contributed by atoms with Crippen molar-refractivity contribution in [1.82, 2.24) is 25.1 Å². The summed E-state index contributed by atoms with van der Waals surface area (Å²) in [5, 5.41) is 12.0. The maximum atomic E-state index is 13.6. The maximum Gasteiger partial charge on any atom is 0.409 e. The van der Waals surface area contributed by atoms with Crippen LogP contribution in [0.1, 0.15) is 35.8 Å². The third-order valence-electron chi connectivity index (χ3n) is 6.78. The van der Waals surface area contributed by atoms with Crippen molar-refractivity contribution in [3.63, 3.8) is 0 Å². The van der Waals surface area contributed by atoms with Gasteiger partial charge >= 0.3 is 12.1 Å². The fourth-order valence-corrected chi connectivity index (χ4v) is 4.58. The van der Waals surface area contributed by atoms with Crippen LogP contribution in [0.5, 0.6) is 0 Å². The van der Waals surface area contributed by atoms with Gasteiger partial charge in [-0.05, 0) is 31.9 Å². The molecule has 1 aliphatic rings. The van der Waals surface area contributed by atoms with Crippen LogP contribution < -0.4 is 5.32 Å². The van der Waals surface area contributed by atoms with E-state index in [9.17, 15) is 24.3 Å². The smallest absolute Gasteiger partial charge is 0.409 e. The van der Waals surface area contributed by atoms with Crippen LogP contribution in [0.2, 0.25) is 0 Å². The average Bonchev–Trinajstić information content (AvgIpc) is 2.99. The molecule has 0 aliphatic carbocycles. The fourth-order valence-electron chi connectivity index (χ4n) is 4.58. The highest BCUT2D eigenvalue weighted by atomic mass is 16.6. The van der Waals surface area contributed by atoms with Gasteiger partial charge in [0, 0.05) is 43.7 Å². The summed E-state index contributed by atoms with van der Waals surface area (Å²) >= 11 is 0. The topological polar surface area (TPSA) is 142 Å². The summed E-state index contributed by atoms with van der Waals surface area (Å²) in [4.78, 5) is 62.7. The van der Waals surface area contributed by atoms with Crippen LogP contribution in [0.15, 0.2) is 60.7 Å². The molecule has 0 unspecified atom stereocenters. The van der Waals surface area contributed by atoms with E-state index in [1.54, 1.807) is 13.0 Å². The lowest BCUT2D eigenvalue weighted by Gasteiger charge is -2.35. The van der Waals surface area contributed by atoms with E-state index in [0.717, 1.165) is 16.7 Å². The second kappa shape index (κ2) is 13.5. The molecule has 3 amide bonds. The Labute approximate surface area is 238 Å². The Morgan fingerprint density at radius 1 is 0.951 bits per heavy atom. The third kappa shape index (κ3) is 7.44. The number of nitrogens with one attached hydrogen (secondary N) is 1. The van der Waals surface area contributed by atoms with Crippen molar-refractivity contribution in [2.24, 2.45) is 0 Å². The van der Waals surface area contributed by atoms with Gasteiger partial charge in [0.15, 0.2) is 5.82 Å². The Hall–Kier alpha value is -4.80. The highest BCUT2D eigenvalue weighted by Crippen LogP contribution is 2.25. The second-order valence-electron chi connectivity index (χ2n) is 9.61. The monoisotopic (exact) mass is 559 g/mol. The molecule has 1 saturated heterocycles. The highest BCUT2D eigenvalue weighted by Gasteiger charge is 2.31. The van der Waals surface area contributed by atoms with Crippen molar-refractivity contribution in [2.45, 2.75) is 32.7 Å². The van der Waals surface area contributed by atoms with Crippen molar-refractivity contribution in [3.8, 4) is 22.6 Å². The van der Waals surface area contributed by atoms with Gasteiger partial charge in [0.05, 0.1) is 12.3 Å². The zero-order valence-corrected chi connectivity index (χ0v) is 23.1. The first-order chi connectivity index (χ1) is 19.8. The summed E-state index contributed by atoms with van der Waals surface area (Å²) in [5.41, 5.74) is 3.12. The number of piperazine rings is 1. The number of carboxylic acid groups (broad SMARTS) is 1. The van der Waals surface area contributed by atoms with Gasteiger partial charge in [-0.2, -0.15) is 0 Å². The van der Waals surface area contributed by atoms with E-state index in [-0.39, 0.29) is 51.3 Å². The van der Waals surface area contributed by atoms with Gasteiger partial charge in [-0.1, -0.05) is 54.6 Å². The lowest BCUT2D eigenvalue weighted by molar-refractivity contribution is -0.138. The largest absolute Gasteiger partial charge is 0.481 e. The van der Waals surface area contributed by atoms with Crippen LogP contribution in [-0.2, 0) is 14.3 Å². The van der Waals surface area contributed by atoms with E-state index >= 15 is 0 Å². The van der Waals surface area contributed by atoms with E-state index in [0.29, 0.717) is 11.5 Å². The number of benzene rings is 2. The maximum absolute atomic E-state index is 13.6. The fraction of sp³-hybridized carbons (Fsp3) is 0.333. The number of carbonyl (C=O) groups excluding carboxylic acids is 3. The molecule has 11 heteroatoms. The molecule has 0 bridgehead atoms. The van der Waals surface area contributed by atoms with Crippen LogP contribution in [0.4, 0.5) is 4.79 Å². The number of hydrogen-bond donors (Lipinski definition) is 2. The molecule has 1 atom stereocenters. The lowest BCUT2D eigenvalue weighted by Crippen LogP contribution is -2.56. The van der Waals surface area contributed by atoms with Crippen LogP contribution in [0, 0.1) is 6.92 Å². The molecule has 2 aromatic carbocycles. The molecule has 214 valence electrons. The van der Waals surface area contributed by atoms with Gasteiger partial charge in [-0.25, -0.2) is 14.8 Å². The molecule has 1 aliphatic heterocycles. The molecule has 1 fully saturated rings. The molecule has 4 rings (SSSR count). The van der Waals surface area contributed by atoms with Gasteiger partial charge in [0.1, 0.15) is 11.7 Å². The van der Waals surface area contributed by atoms with Crippen molar-refractivity contribution < 1.29 is 29.0 Å². The molecular formula is C30H33N5O6. The van der Waals surface area contributed by atoms with Crippen molar-refractivity contribution in [3.05, 3.63) is 71.9 Å². The van der Waals surface area contributed by atoms with Crippen molar-refractivity contribution in [2.75, 3.05) is 32.8 Å². The lowest BCUT2D eigenvalue weighted by atomic mass is 10.0. The average molecular weight is 560 g/mol. The summed E-state index contributed by atoms with van der Waals surface area (Å²) in [7, 11) is 0. The number of aliphatic carboxylic acids is 1. The Morgan fingerprint density at radius 2 is 1.61 bits per heavy atom. The Morgan fingerprint density at radius 3 is 2.27 bits per heavy atom. The van der Waals surface area contributed by atoms with E-state index in [1.807, 2.05) is 61.5 Å². The summed E-state index contributed by atoms with van der Waals surface area (Å²) < 4.78 is 5.03. The molecule has 0 spiro atoms. The highest BCUT2D eigenvalue weighted by molar-refractivity contribution is 5.97. The molecule has 0 saturated carbocycles. The van der Waals surface area contributed by atoms with Crippen LogP contribution in [0.25, 0.3) is 22.6 Å². The summed E-state index contributed by atoms with van der Waals surface area (Å²) in [5.74, 6) is -1.77. The van der Waals surface area contributed by atoms with Gasteiger partial charge in [-0.3, -0.25) is 14.4 Å². The van der Waals surface area contributed by atoms with Crippen LogP contribution in [0.3, 0.4) is 0 Å². The van der Waals surface area contributed by atoms with E-state index in [2.05, 4.69) is 10.3 Å². The van der Waals surface area contributed by atoms with E-state index in [4.69, 9.17) is 9.72 Å². The van der Waals surface area contributed by atoms with Gasteiger partial charge < -0.3 is 25.0 Å². The molecule has 41 heavy (non-hydrogen) atoms. The SMILES string of the molecule is CCOC(=O)N1CCN(C(=O)[C@H](CCC(=O)O)NC(=O)c2cc(-c3ccccc3C)nc(-c3ccccc3)n2)CC1. The molecular weight excluding hydrogens is 526 g/mol. The first kappa shape index (κ1) is 29.2. The molecule has 2 heterocycles. The quantitative estimate of drug-likeness (QED) is 0.406. The molecule has 2 N–H and O–H groups in total. The molecule has 1 aromatic heterocycles. The number of carboxylic acids is 1. The normalized spacial score (nSPS) is 13.8. The number of rotatable bonds is 9. The van der Waals surface area contributed by atoms with Gasteiger partial charge in [0.25, 0.3) is 5.91 Å². The molecule has 0 radical (unpaired) electrons. The zero-order chi connectivity index (χ0) is 29.4. The van der Waals surface area contributed by atoms with Gasteiger partial charge in [0.2, 0.25) is 5.91 Å². The number of carbonyl (C=O) groups is 4. The minimum Gasteiger partial charge on any atom is -0.481 e. The Kier molecular flexibility index (Phi) is 9.62.